The Labute approximate surface area is 114 Å². The lowest BCUT2D eigenvalue weighted by Crippen LogP contribution is -2.47. The van der Waals surface area contributed by atoms with Crippen molar-refractivity contribution in [3.63, 3.8) is 0 Å². The molecule has 0 saturated heterocycles. The summed E-state index contributed by atoms with van der Waals surface area (Å²) in [5.41, 5.74) is -0.234. The molecule has 4 rings (SSSR count). The van der Waals surface area contributed by atoms with Gasteiger partial charge in [0.15, 0.2) is 0 Å². The Morgan fingerprint density at radius 1 is 1.21 bits per heavy atom. The molecule has 0 spiro atoms. The third-order valence-electron chi connectivity index (χ3n) is 6.38. The number of esters is 1. The highest BCUT2D eigenvalue weighted by Crippen LogP contribution is 2.71. The van der Waals surface area contributed by atoms with Gasteiger partial charge in [0, 0.05) is 11.5 Å². The maximum absolute atomic E-state index is 12.0. The average molecular weight is 262 g/mol. The van der Waals surface area contributed by atoms with Gasteiger partial charge in [0.05, 0.1) is 5.60 Å². The average Bonchev–Trinajstić information content (AvgIpc) is 3.04. The fourth-order valence-corrected chi connectivity index (χ4v) is 5.94. The maximum Gasteiger partial charge on any atom is 0.333 e. The predicted molar refractivity (Wildman–Crippen MR) is 70.2 cm³/mol. The molecule has 0 aromatic carbocycles. The third kappa shape index (κ3) is 1.35. The second-order valence-electron chi connectivity index (χ2n) is 7.40. The van der Waals surface area contributed by atoms with Gasteiger partial charge in [0.1, 0.15) is 5.60 Å². The smallest absolute Gasteiger partial charge is 0.333 e. The fraction of sp³-hybridized carbons (Fsp3) is 0.812. The summed E-state index contributed by atoms with van der Waals surface area (Å²) in [7, 11) is 0. The standard InChI is InChI=1S/C16H22O3/c1-9(2)14(17)19-16-6-4-11(8-16)12-13(16)10-3-5-15(12,18)7-10/h10-13,18H,1,3-8H2,2H3. The van der Waals surface area contributed by atoms with Crippen LogP contribution in [0.4, 0.5) is 0 Å². The lowest BCUT2D eigenvalue weighted by atomic mass is 9.68. The first-order valence-electron chi connectivity index (χ1n) is 7.56. The molecule has 0 aliphatic heterocycles. The highest BCUT2D eigenvalue weighted by atomic mass is 16.6. The summed E-state index contributed by atoms with van der Waals surface area (Å²) in [4.78, 5) is 12.0. The van der Waals surface area contributed by atoms with E-state index in [1.165, 1.54) is 0 Å². The lowest BCUT2D eigenvalue weighted by Gasteiger charge is -2.43. The third-order valence-corrected chi connectivity index (χ3v) is 6.38. The van der Waals surface area contributed by atoms with Crippen LogP contribution in [0.15, 0.2) is 12.2 Å². The van der Waals surface area contributed by atoms with Crippen LogP contribution in [0.5, 0.6) is 0 Å². The second kappa shape index (κ2) is 3.43. The molecule has 104 valence electrons. The Morgan fingerprint density at radius 2 is 1.89 bits per heavy atom. The molecule has 0 aromatic heterocycles. The molecule has 4 aliphatic carbocycles. The van der Waals surface area contributed by atoms with E-state index >= 15 is 0 Å². The van der Waals surface area contributed by atoms with Crippen molar-refractivity contribution in [1.82, 2.24) is 0 Å². The van der Waals surface area contributed by atoms with Gasteiger partial charge in [-0.1, -0.05) is 6.58 Å². The van der Waals surface area contributed by atoms with Gasteiger partial charge in [0.25, 0.3) is 0 Å². The fourth-order valence-electron chi connectivity index (χ4n) is 5.94. The van der Waals surface area contributed by atoms with Crippen molar-refractivity contribution >= 4 is 5.97 Å². The number of fused-ring (bicyclic) bond motifs is 9. The van der Waals surface area contributed by atoms with E-state index in [1.807, 2.05) is 0 Å². The van der Waals surface area contributed by atoms with Crippen molar-refractivity contribution in [2.45, 2.75) is 56.7 Å². The number of carbonyl (C=O) groups excluding carboxylic acids is 1. The van der Waals surface area contributed by atoms with Crippen LogP contribution in [0.2, 0.25) is 0 Å². The molecule has 6 unspecified atom stereocenters. The van der Waals surface area contributed by atoms with Crippen LogP contribution >= 0.6 is 0 Å². The summed E-state index contributed by atoms with van der Waals surface area (Å²) in [6.45, 7) is 5.41. The summed E-state index contributed by atoms with van der Waals surface area (Å²) >= 11 is 0. The topological polar surface area (TPSA) is 46.5 Å². The van der Waals surface area contributed by atoms with Gasteiger partial charge < -0.3 is 9.84 Å². The van der Waals surface area contributed by atoms with E-state index in [0.717, 1.165) is 38.5 Å². The molecule has 19 heavy (non-hydrogen) atoms. The van der Waals surface area contributed by atoms with Crippen molar-refractivity contribution in [1.29, 1.82) is 0 Å². The lowest BCUT2D eigenvalue weighted by molar-refractivity contribution is -0.164. The molecular weight excluding hydrogens is 240 g/mol. The SMILES string of the molecule is C=C(C)C(=O)OC12CCC(C1)C1C2C2CCC1(O)C2. The Balaban J connectivity index is 1.68. The first kappa shape index (κ1) is 12.0. The number of hydrogen-bond acceptors (Lipinski definition) is 3. The van der Waals surface area contributed by atoms with Crippen LogP contribution in [0.25, 0.3) is 0 Å². The number of ether oxygens (including phenoxy) is 1. The molecule has 0 radical (unpaired) electrons. The second-order valence-corrected chi connectivity index (χ2v) is 7.40. The van der Waals surface area contributed by atoms with Crippen LogP contribution in [-0.2, 0) is 9.53 Å². The summed E-state index contributed by atoms with van der Waals surface area (Å²) in [5, 5.41) is 10.8. The zero-order valence-electron chi connectivity index (χ0n) is 11.5. The van der Waals surface area contributed by atoms with Crippen LogP contribution in [0.3, 0.4) is 0 Å². The number of hydrogen-bond donors (Lipinski definition) is 1. The zero-order valence-corrected chi connectivity index (χ0v) is 11.5. The minimum absolute atomic E-state index is 0.240. The summed E-state index contributed by atoms with van der Waals surface area (Å²) in [6, 6.07) is 0. The Bertz CT molecular complexity index is 471. The van der Waals surface area contributed by atoms with Crippen LogP contribution in [0.1, 0.15) is 45.4 Å². The van der Waals surface area contributed by atoms with Crippen molar-refractivity contribution in [3.05, 3.63) is 12.2 Å². The molecule has 6 atom stereocenters. The Hall–Kier alpha value is -0.830. The number of carbonyl (C=O) groups is 1. The molecule has 0 aromatic rings. The summed E-state index contributed by atoms with van der Waals surface area (Å²) in [6.07, 6.45) is 6.08. The number of aliphatic hydroxyl groups is 1. The van der Waals surface area contributed by atoms with E-state index in [-0.39, 0.29) is 11.6 Å². The van der Waals surface area contributed by atoms with Gasteiger partial charge in [-0.15, -0.1) is 0 Å². The van der Waals surface area contributed by atoms with E-state index in [9.17, 15) is 9.90 Å². The summed E-state index contributed by atoms with van der Waals surface area (Å²) in [5.74, 6) is 1.69. The molecule has 4 fully saturated rings. The zero-order chi connectivity index (χ0) is 13.4. The molecule has 4 saturated carbocycles. The van der Waals surface area contributed by atoms with E-state index in [1.54, 1.807) is 6.92 Å². The normalized spacial score (nSPS) is 53.4. The minimum atomic E-state index is -0.447. The minimum Gasteiger partial charge on any atom is -0.455 e. The van der Waals surface area contributed by atoms with E-state index in [0.29, 0.717) is 29.2 Å². The predicted octanol–water partition coefficient (Wildman–Crippen LogP) is 2.44. The van der Waals surface area contributed by atoms with E-state index in [4.69, 9.17) is 4.74 Å². The van der Waals surface area contributed by atoms with Gasteiger partial charge in [-0.25, -0.2) is 4.79 Å². The molecule has 3 heteroatoms. The largest absolute Gasteiger partial charge is 0.455 e. The quantitative estimate of drug-likeness (QED) is 0.472. The summed E-state index contributed by atoms with van der Waals surface area (Å²) < 4.78 is 5.91. The monoisotopic (exact) mass is 262 g/mol. The van der Waals surface area contributed by atoms with Gasteiger partial charge in [-0.05, 0) is 63.2 Å². The molecule has 4 bridgehead atoms. The van der Waals surface area contributed by atoms with Crippen LogP contribution in [0, 0.1) is 23.7 Å². The molecular formula is C16H22O3. The van der Waals surface area contributed by atoms with Crippen LogP contribution < -0.4 is 0 Å². The number of rotatable bonds is 2. The van der Waals surface area contributed by atoms with Crippen molar-refractivity contribution in [3.8, 4) is 0 Å². The molecule has 4 aliphatic rings. The molecule has 0 amide bonds. The van der Waals surface area contributed by atoms with Gasteiger partial charge in [0.2, 0.25) is 0 Å². The van der Waals surface area contributed by atoms with E-state index in [2.05, 4.69) is 6.58 Å². The maximum atomic E-state index is 12.0. The van der Waals surface area contributed by atoms with E-state index < -0.39 is 5.60 Å². The highest BCUT2D eigenvalue weighted by molar-refractivity contribution is 5.87. The van der Waals surface area contributed by atoms with Gasteiger partial charge >= 0.3 is 5.97 Å². The van der Waals surface area contributed by atoms with Crippen molar-refractivity contribution < 1.29 is 14.6 Å². The van der Waals surface area contributed by atoms with Crippen LogP contribution in [-0.4, -0.2) is 22.3 Å². The Kier molecular flexibility index (Phi) is 2.16. The molecule has 3 nitrogen and oxygen atoms in total. The van der Waals surface area contributed by atoms with Crippen molar-refractivity contribution in [2.24, 2.45) is 23.7 Å². The van der Waals surface area contributed by atoms with Gasteiger partial charge in [-0.2, -0.15) is 0 Å². The molecule has 1 N–H and O–H groups in total. The highest BCUT2D eigenvalue weighted by Gasteiger charge is 2.72. The van der Waals surface area contributed by atoms with Gasteiger partial charge in [-0.3, -0.25) is 0 Å². The first-order valence-corrected chi connectivity index (χ1v) is 7.56. The Morgan fingerprint density at radius 3 is 2.63 bits per heavy atom. The first-order chi connectivity index (χ1) is 8.95. The molecule has 0 heterocycles. The van der Waals surface area contributed by atoms with Crippen molar-refractivity contribution in [2.75, 3.05) is 0 Å².